The number of aryl methyl sites for hydroxylation is 1. The van der Waals surface area contributed by atoms with Gasteiger partial charge < -0.3 is 15.0 Å². The number of carbonyl (C=O) groups is 2. The second kappa shape index (κ2) is 6.60. The largest absolute Gasteiger partial charge is 0.357 e. The highest BCUT2D eigenvalue weighted by molar-refractivity contribution is 5.96. The van der Waals surface area contributed by atoms with Crippen molar-refractivity contribution in [2.75, 3.05) is 7.05 Å². The third-order valence-electron chi connectivity index (χ3n) is 3.42. The molecule has 22 heavy (non-hydrogen) atoms. The van der Waals surface area contributed by atoms with Crippen LogP contribution in [-0.4, -0.2) is 34.3 Å². The predicted octanol–water partition coefficient (Wildman–Crippen LogP) is 1.53. The first-order valence-electron chi connectivity index (χ1n) is 7.38. The minimum Gasteiger partial charge on any atom is -0.357 e. The van der Waals surface area contributed by atoms with Gasteiger partial charge in [0.1, 0.15) is 17.4 Å². The minimum absolute atomic E-state index is 0.193. The Labute approximate surface area is 129 Å². The lowest BCUT2D eigenvalue weighted by Crippen LogP contribution is -2.46. The fourth-order valence-corrected chi connectivity index (χ4v) is 2.30. The summed E-state index contributed by atoms with van der Waals surface area (Å²) >= 11 is 0. The number of fused-ring (bicyclic) bond motifs is 1. The molecule has 0 saturated heterocycles. The third-order valence-corrected chi connectivity index (χ3v) is 3.42. The number of hydrogen-bond donors (Lipinski definition) is 2. The molecule has 2 heterocycles. The molecule has 0 aromatic carbocycles. The summed E-state index contributed by atoms with van der Waals surface area (Å²) in [7, 11) is 1.56. The van der Waals surface area contributed by atoms with Crippen molar-refractivity contribution < 1.29 is 9.59 Å². The average molecular weight is 302 g/mol. The predicted molar refractivity (Wildman–Crippen MR) is 84.7 cm³/mol. The lowest BCUT2D eigenvalue weighted by molar-refractivity contribution is -0.122. The Morgan fingerprint density at radius 2 is 2.09 bits per heavy atom. The number of carbonyl (C=O) groups excluding carboxylic acids is 2. The fourth-order valence-electron chi connectivity index (χ4n) is 2.30. The molecule has 0 bridgehead atoms. The standard InChI is InChI=1S/C16H22N4O2/c1-10(2)7-12(15(21)17-4)19-16(22)13-9-20-6-5-11(3)8-14(20)18-13/h5-6,8-10,12H,7H2,1-4H3,(H,17,21)(H,19,22)/t12-/m0/s1. The van der Waals surface area contributed by atoms with Crippen LogP contribution in [0.25, 0.3) is 5.65 Å². The molecule has 1 atom stereocenters. The molecule has 2 aromatic heterocycles. The van der Waals surface area contributed by atoms with Crippen molar-refractivity contribution in [1.29, 1.82) is 0 Å². The molecule has 2 aromatic rings. The van der Waals surface area contributed by atoms with Crippen molar-refractivity contribution in [2.24, 2.45) is 5.92 Å². The van der Waals surface area contributed by atoms with E-state index in [1.165, 1.54) is 0 Å². The van der Waals surface area contributed by atoms with Crippen LogP contribution in [0.3, 0.4) is 0 Å². The molecule has 118 valence electrons. The van der Waals surface area contributed by atoms with Crippen LogP contribution in [0, 0.1) is 12.8 Å². The van der Waals surface area contributed by atoms with Gasteiger partial charge >= 0.3 is 0 Å². The first kappa shape index (κ1) is 16.0. The van der Waals surface area contributed by atoms with E-state index >= 15 is 0 Å². The maximum Gasteiger partial charge on any atom is 0.272 e. The van der Waals surface area contributed by atoms with Crippen LogP contribution in [0.2, 0.25) is 0 Å². The molecule has 0 fully saturated rings. The number of nitrogens with zero attached hydrogens (tertiary/aromatic N) is 2. The van der Waals surface area contributed by atoms with E-state index in [1.807, 2.05) is 39.1 Å². The van der Waals surface area contributed by atoms with Crippen LogP contribution < -0.4 is 10.6 Å². The van der Waals surface area contributed by atoms with E-state index in [0.717, 1.165) is 5.56 Å². The van der Waals surface area contributed by atoms with E-state index in [9.17, 15) is 9.59 Å². The monoisotopic (exact) mass is 302 g/mol. The molecule has 2 N–H and O–H groups in total. The number of rotatable bonds is 5. The molecule has 6 nitrogen and oxygen atoms in total. The molecule has 0 saturated carbocycles. The van der Waals surface area contributed by atoms with E-state index in [4.69, 9.17) is 0 Å². The van der Waals surface area contributed by atoms with Crippen molar-refractivity contribution in [3.05, 3.63) is 35.8 Å². The lowest BCUT2D eigenvalue weighted by Gasteiger charge is -2.18. The number of nitrogens with one attached hydrogen (secondary N) is 2. The molecule has 6 heteroatoms. The highest BCUT2D eigenvalue weighted by Crippen LogP contribution is 2.09. The van der Waals surface area contributed by atoms with Gasteiger partial charge in [-0.15, -0.1) is 0 Å². The van der Waals surface area contributed by atoms with Crippen LogP contribution >= 0.6 is 0 Å². The van der Waals surface area contributed by atoms with Crippen LogP contribution in [0.5, 0.6) is 0 Å². The summed E-state index contributed by atoms with van der Waals surface area (Å²) in [5.41, 5.74) is 2.10. The topological polar surface area (TPSA) is 75.5 Å². The van der Waals surface area contributed by atoms with E-state index in [2.05, 4.69) is 15.6 Å². The third kappa shape index (κ3) is 3.63. The zero-order chi connectivity index (χ0) is 16.3. The molecular formula is C16H22N4O2. The van der Waals surface area contributed by atoms with E-state index < -0.39 is 6.04 Å². The highest BCUT2D eigenvalue weighted by Gasteiger charge is 2.22. The number of likely N-dealkylation sites (N-methyl/N-ethyl adjacent to an activating group) is 1. The number of pyridine rings is 1. The van der Waals surface area contributed by atoms with Crippen LogP contribution in [0.1, 0.15) is 36.3 Å². The molecular weight excluding hydrogens is 280 g/mol. The highest BCUT2D eigenvalue weighted by atomic mass is 16.2. The van der Waals surface area contributed by atoms with E-state index in [0.29, 0.717) is 23.7 Å². The van der Waals surface area contributed by atoms with E-state index in [1.54, 1.807) is 17.6 Å². The van der Waals surface area contributed by atoms with Gasteiger partial charge in [-0.2, -0.15) is 0 Å². The molecule has 0 aliphatic carbocycles. The first-order chi connectivity index (χ1) is 10.4. The van der Waals surface area contributed by atoms with Crippen LogP contribution in [0.15, 0.2) is 24.5 Å². The number of hydrogen-bond acceptors (Lipinski definition) is 3. The summed E-state index contributed by atoms with van der Waals surface area (Å²) in [6.07, 6.45) is 4.11. The molecule has 2 amide bonds. The number of amides is 2. The van der Waals surface area contributed by atoms with Gasteiger partial charge in [0, 0.05) is 19.4 Å². The van der Waals surface area contributed by atoms with Crippen molar-refractivity contribution >= 4 is 17.5 Å². The Morgan fingerprint density at radius 3 is 2.73 bits per heavy atom. The van der Waals surface area contributed by atoms with Gasteiger partial charge in [0.15, 0.2) is 0 Å². The van der Waals surface area contributed by atoms with Gasteiger partial charge in [-0.25, -0.2) is 4.98 Å². The SMILES string of the molecule is CNC(=O)[C@H](CC(C)C)NC(=O)c1cn2ccc(C)cc2n1. The zero-order valence-corrected chi connectivity index (χ0v) is 13.4. The van der Waals surface area contributed by atoms with Gasteiger partial charge in [0.05, 0.1) is 0 Å². The summed E-state index contributed by atoms with van der Waals surface area (Å²) in [5.74, 6) is -0.233. The molecule has 0 unspecified atom stereocenters. The molecule has 0 spiro atoms. The zero-order valence-electron chi connectivity index (χ0n) is 13.4. The number of imidazole rings is 1. The van der Waals surface area contributed by atoms with Crippen molar-refractivity contribution in [3.8, 4) is 0 Å². The Morgan fingerprint density at radius 1 is 1.36 bits per heavy atom. The maximum absolute atomic E-state index is 12.3. The molecule has 2 rings (SSSR count). The average Bonchev–Trinajstić information content (AvgIpc) is 2.88. The summed E-state index contributed by atoms with van der Waals surface area (Å²) < 4.78 is 1.79. The van der Waals surface area contributed by atoms with E-state index in [-0.39, 0.29) is 11.8 Å². The van der Waals surface area contributed by atoms with Crippen LogP contribution in [0.4, 0.5) is 0 Å². The lowest BCUT2D eigenvalue weighted by atomic mass is 10.0. The Bertz CT molecular complexity index is 691. The number of aromatic nitrogens is 2. The molecule has 0 aliphatic heterocycles. The second-order valence-corrected chi connectivity index (χ2v) is 5.87. The Hall–Kier alpha value is -2.37. The summed E-state index contributed by atoms with van der Waals surface area (Å²) in [4.78, 5) is 28.5. The van der Waals surface area contributed by atoms with Crippen molar-refractivity contribution in [3.63, 3.8) is 0 Å². The molecule has 0 radical (unpaired) electrons. The first-order valence-corrected chi connectivity index (χ1v) is 7.38. The smallest absolute Gasteiger partial charge is 0.272 e. The second-order valence-electron chi connectivity index (χ2n) is 5.87. The quantitative estimate of drug-likeness (QED) is 0.879. The Kier molecular flexibility index (Phi) is 4.80. The normalized spacial score (nSPS) is 12.4. The minimum atomic E-state index is -0.552. The summed E-state index contributed by atoms with van der Waals surface area (Å²) in [6.45, 7) is 5.99. The van der Waals surface area contributed by atoms with Crippen molar-refractivity contribution in [2.45, 2.75) is 33.2 Å². The maximum atomic E-state index is 12.3. The fraction of sp³-hybridized carbons (Fsp3) is 0.438. The van der Waals surface area contributed by atoms with Gasteiger partial charge in [0.25, 0.3) is 5.91 Å². The van der Waals surface area contributed by atoms with Gasteiger partial charge in [0.2, 0.25) is 5.91 Å². The van der Waals surface area contributed by atoms with Gasteiger partial charge in [-0.3, -0.25) is 9.59 Å². The Balaban J connectivity index is 2.19. The van der Waals surface area contributed by atoms with Gasteiger partial charge in [-0.05, 0) is 37.0 Å². The summed E-state index contributed by atoms with van der Waals surface area (Å²) in [6, 6.07) is 3.30. The van der Waals surface area contributed by atoms with Gasteiger partial charge in [-0.1, -0.05) is 13.8 Å². The van der Waals surface area contributed by atoms with Crippen LogP contribution in [-0.2, 0) is 4.79 Å². The summed E-state index contributed by atoms with van der Waals surface area (Å²) in [5, 5.41) is 5.35. The molecule has 0 aliphatic rings. The van der Waals surface area contributed by atoms with Crippen molar-refractivity contribution in [1.82, 2.24) is 20.0 Å².